The lowest BCUT2D eigenvalue weighted by molar-refractivity contribution is -0.152. The van der Waals surface area contributed by atoms with Crippen molar-refractivity contribution in [1.82, 2.24) is 19.8 Å². The van der Waals surface area contributed by atoms with E-state index in [1.807, 2.05) is 0 Å². The third-order valence-corrected chi connectivity index (χ3v) is 5.70. The van der Waals surface area contributed by atoms with Crippen LogP contribution in [0.2, 0.25) is 5.02 Å². The number of ether oxygens (including phenoxy) is 1. The number of anilines is 1. The minimum atomic E-state index is -4.68. The number of Topliss-reactive ketones (excluding diaryl/α,β-unsaturated/α-hetero) is 1. The highest BCUT2D eigenvalue weighted by Crippen LogP contribution is 2.29. The van der Waals surface area contributed by atoms with Crippen molar-refractivity contribution < 1.29 is 27.5 Å². The number of hydrogen-bond donors (Lipinski definition) is 0. The molecule has 12 heteroatoms. The van der Waals surface area contributed by atoms with Crippen LogP contribution >= 0.6 is 11.6 Å². The maximum Gasteiger partial charge on any atom is 0.453 e. The van der Waals surface area contributed by atoms with Gasteiger partial charge in [0.25, 0.3) is 5.82 Å². The lowest BCUT2D eigenvalue weighted by atomic mass is 9.97. The molecule has 0 N–H and O–H groups in total. The van der Waals surface area contributed by atoms with Gasteiger partial charge in [0.05, 0.1) is 5.92 Å². The lowest BCUT2D eigenvalue weighted by Gasteiger charge is -2.32. The van der Waals surface area contributed by atoms with Gasteiger partial charge in [-0.05, 0) is 56.2 Å². The SMILES string of the molecule is CC(OC(=O)C1CCN(c2ccc3nnc(C(F)(F)F)n3n2)CC1)C(=O)c1ccc(Cl)cc1. The van der Waals surface area contributed by atoms with Crippen LogP contribution < -0.4 is 4.90 Å². The number of ketones is 1. The number of carbonyl (C=O) groups excluding carboxylic acids is 2. The zero-order chi connectivity index (χ0) is 23.8. The smallest absolute Gasteiger partial charge is 0.453 e. The van der Waals surface area contributed by atoms with E-state index in [0.717, 1.165) is 0 Å². The predicted molar refractivity (Wildman–Crippen MR) is 112 cm³/mol. The van der Waals surface area contributed by atoms with E-state index in [2.05, 4.69) is 15.3 Å². The van der Waals surface area contributed by atoms with Crippen molar-refractivity contribution in [3.05, 3.63) is 52.8 Å². The van der Waals surface area contributed by atoms with Gasteiger partial charge in [-0.2, -0.15) is 17.7 Å². The molecule has 8 nitrogen and oxygen atoms in total. The number of hydrogen-bond acceptors (Lipinski definition) is 7. The van der Waals surface area contributed by atoms with Crippen molar-refractivity contribution >= 4 is 34.8 Å². The molecule has 33 heavy (non-hydrogen) atoms. The van der Waals surface area contributed by atoms with Crippen molar-refractivity contribution in [2.75, 3.05) is 18.0 Å². The third kappa shape index (κ3) is 4.92. The molecule has 0 radical (unpaired) electrons. The molecule has 3 heterocycles. The number of esters is 1. The quantitative estimate of drug-likeness (QED) is 0.404. The van der Waals surface area contributed by atoms with Gasteiger partial charge in [0.1, 0.15) is 5.82 Å². The van der Waals surface area contributed by atoms with Crippen LogP contribution in [-0.2, 0) is 15.7 Å². The average Bonchev–Trinajstić information content (AvgIpc) is 3.23. The van der Waals surface area contributed by atoms with Gasteiger partial charge in [0.2, 0.25) is 5.78 Å². The van der Waals surface area contributed by atoms with E-state index < -0.39 is 30.0 Å². The van der Waals surface area contributed by atoms with Crippen LogP contribution in [0.25, 0.3) is 5.65 Å². The standard InChI is InChI=1S/C21H19ClF3N5O3/c1-12(18(31)13-2-4-15(22)5-3-13)33-19(32)14-8-10-29(11-9-14)17-7-6-16-26-27-20(21(23,24)25)30(16)28-17/h2-7,12,14H,8-11H2,1H3. The van der Waals surface area contributed by atoms with E-state index in [-0.39, 0.29) is 11.4 Å². The molecular formula is C21H19ClF3N5O3. The van der Waals surface area contributed by atoms with Gasteiger partial charge in [0.15, 0.2) is 11.8 Å². The van der Waals surface area contributed by atoms with Gasteiger partial charge < -0.3 is 9.64 Å². The number of halogens is 4. The summed E-state index contributed by atoms with van der Waals surface area (Å²) in [6, 6.07) is 9.28. The summed E-state index contributed by atoms with van der Waals surface area (Å²) in [5.41, 5.74) is 0.382. The van der Waals surface area contributed by atoms with Crippen molar-refractivity contribution in [2.45, 2.75) is 32.0 Å². The molecule has 0 aliphatic carbocycles. The van der Waals surface area contributed by atoms with Crippen molar-refractivity contribution in [2.24, 2.45) is 5.92 Å². The van der Waals surface area contributed by atoms with E-state index in [0.29, 0.717) is 46.9 Å². The average molecular weight is 482 g/mol. The fourth-order valence-corrected chi connectivity index (χ4v) is 3.77. The number of rotatable bonds is 5. The molecule has 1 fully saturated rings. The first-order chi connectivity index (χ1) is 15.6. The molecule has 0 amide bonds. The Kier molecular flexibility index (Phi) is 6.24. The molecule has 0 spiro atoms. The summed E-state index contributed by atoms with van der Waals surface area (Å²) in [6.07, 6.45) is -4.80. The highest BCUT2D eigenvalue weighted by Gasteiger charge is 2.38. The monoisotopic (exact) mass is 481 g/mol. The normalized spacial score (nSPS) is 16.1. The van der Waals surface area contributed by atoms with Crippen LogP contribution in [0.5, 0.6) is 0 Å². The van der Waals surface area contributed by atoms with Gasteiger partial charge in [-0.1, -0.05) is 11.6 Å². The second-order valence-electron chi connectivity index (χ2n) is 7.69. The Bertz CT molecular complexity index is 1170. The third-order valence-electron chi connectivity index (χ3n) is 5.45. The molecule has 1 aliphatic heterocycles. The number of piperidine rings is 1. The Morgan fingerprint density at radius 2 is 1.76 bits per heavy atom. The van der Waals surface area contributed by atoms with Crippen LogP contribution in [0.3, 0.4) is 0 Å². The van der Waals surface area contributed by atoms with Crippen molar-refractivity contribution in [3.8, 4) is 0 Å². The van der Waals surface area contributed by atoms with E-state index in [1.165, 1.54) is 13.0 Å². The molecule has 174 valence electrons. The lowest BCUT2D eigenvalue weighted by Crippen LogP contribution is -2.39. The second-order valence-corrected chi connectivity index (χ2v) is 8.13. The summed E-state index contributed by atoms with van der Waals surface area (Å²) < 4.78 is 45.3. The largest absolute Gasteiger partial charge is 0.454 e. The first-order valence-corrected chi connectivity index (χ1v) is 10.6. The van der Waals surface area contributed by atoms with Gasteiger partial charge in [0, 0.05) is 23.7 Å². The summed E-state index contributed by atoms with van der Waals surface area (Å²) in [5, 5.41) is 11.2. The topological polar surface area (TPSA) is 89.7 Å². The molecule has 0 bridgehead atoms. The molecule has 1 aromatic carbocycles. The number of fused-ring (bicyclic) bond motifs is 1. The summed E-state index contributed by atoms with van der Waals surface area (Å²) >= 11 is 5.83. The van der Waals surface area contributed by atoms with Crippen LogP contribution in [0.1, 0.15) is 35.9 Å². The van der Waals surface area contributed by atoms with E-state index in [1.54, 1.807) is 35.2 Å². The molecule has 0 saturated carbocycles. The predicted octanol–water partition coefficient (Wildman–Crippen LogP) is 3.83. The minimum Gasteiger partial charge on any atom is -0.454 e. The second kappa shape index (κ2) is 8.97. The molecular weight excluding hydrogens is 463 g/mol. The van der Waals surface area contributed by atoms with Gasteiger partial charge in [-0.15, -0.1) is 15.3 Å². The van der Waals surface area contributed by atoms with Crippen LogP contribution in [-0.4, -0.2) is 50.8 Å². The zero-order valence-corrected chi connectivity index (χ0v) is 18.2. The van der Waals surface area contributed by atoms with E-state index in [4.69, 9.17) is 16.3 Å². The van der Waals surface area contributed by atoms with Crippen LogP contribution in [0.4, 0.5) is 19.0 Å². The van der Waals surface area contributed by atoms with Gasteiger partial charge >= 0.3 is 12.1 Å². The zero-order valence-electron chi connectivity index (χ0n) is 17.4. The number of benzene rings is 1. The molecule has 1 aliphatic rings. The number of carbonyl (C=O) groups is 2. The maximum absolute atomic E-state index is 13.1. The van der Waals surface area contributed by atoms with E-state index in [9.17, 15) is 22.8 Å². The van der Waals surface area contributed by atoms with Crippen molar-refractivity contribution in [1.29, 1.82) is 0 Å². The first kappa shape index (κ1) is 23.0. The first-order valence-electron chi connectivity index (χ1n) is 10.2. The van der Waals surface area contributed by atoms with E-state index >= 15 is 0 Å². The number of alkyl halides is 3. The summed E-state index contributed by atoms with van der Waals surface area (Å²) in [6.45, 7) is 2.29. The summed E-state index contributed by atoms with van der Waals surface area (Å²) in [4.78, 5) is 26.8. The molecule has 1 atom stereocenters. The number of nitrogens with zero attached hydrogens (tertiary/aromatic N) is 5. The Morgan fingerprint density at radius 1 is 1.09 bits per heavy atom. The van der Waals surface area contributed by atoms with Crippen LogP contribution in [0.15, 0.2) is 36.4 Å². The molecule has 1 saturated heterocycles. The van der Waals surface area contributed by atoms with Crippen LogP contribution in [0, 0.1) is 5.92 Å². The summed E-state index contributed by atoms with van der Waals surface area (Å²) in [7, 11) is 0. The molecule has 1 unspecified atom stereocenters. The Balaban J connectivity index is 1.37. The number of aromatic nitrogens is 4. The molecule has 2 aromatic heterocycles. The fraction of sp³-hybridized carbons (Fsp3) is 0.381. The highest BCUT2D eigenvalue weighted by molar-refractivity contribution is 6.30. The fourth-order valence-electron chi connectivity index (χ4n) is 3.64. The molecule has 4 rings (SSSR count). The highest BCUT2D eigenvalue weighted by atomic mass is 35.5. The Morgan fingerprint density at radius 3 is 2.39 bits per heavy atom. The minimum absolute atomic E-state index is 0.0103. The summed E-state index contributed by atoms with van der Waals surface area (Å²) in [5.74, 6) is -2.11. The van der Waals surface area contributed by atoms with Gasteiger partial charge in [-0.25, -0.2) is 0 Å². The Hall–Kier alpha value is -3.21. The maximum atomic E-state index is 13.1. The molecule has 3 aromatic rings. The van der Waals surface area contributed by atoms with Gasteiger partial charge in [-0.3, -0.25) is 9.59 Å². The van der Waals surface area contributed by atoms with Crippen molar-refractivity contribution in [3.63, 3.8) is 0 Å². The Labute approximate surface area is 191 Å².